The van der Waals surface area contributed by atoms with Gasteiger partial charge in [-0.05, 0) is 79.9 Å². The maximum Gasteiger partial charge on any atom is 0.264 e. The van der Waals surface area contributed by atoms with Crippen LogP contribution in [0.1, 0.15) is 43.4 Å². The van der Waals surface area contributed by atoms with Gasteiger partial charge in [0.15, 0.2) is 0 Å². The first-order valence-corrected chi connectivity index (χ1v) is 17.2. The maximum absolute atomic E-state index is 14.5. The number of nitrogens with one attached hydrogen (secondary N) is 1. The molecule has 0 aliphatic heterocycles. The first-order chi connectivity index (χ1) is 22.6. The predicted octanol–water partition coefficient (Wildman–Crippen LogP) is 6.28. The average molecular weight is 660 g/mol. The number of hydrogen-bond acceptors (Lipinski definition) is 5. The minimum Gasteiger partial charge on any atom is -0.494 e. The standard InChI is InChI=1S/C37H42FN3O5S/c1-4-6-24-39-37(43)35(25-29-10-8-7-9-11-29)40(26-30-14-16-31(38)17-15-30)36(42)27-41(32-18-20-33(21-19-32)46-5-2)47(44,45)34-22-12-28(3)13-23-34/h7-23,35H,4-6,24-27H2,1-3H3,(H,39,43). The summed E-state index contributed by atoms with van der Waals surface area (Å²) in [5, 5.41) is 2.96. The molecule has 0 radical (unpaired) electrons. The Morgan fingerprint density at radius 2 is 1.51 bits per heavy atom. The molecule has 4 aromatic carbocycles. The molecule has 4 aromatic rings. The van der Waals surface area contributed by atoms with Crippen LogP contribution in [0.3, 0.4) is 0 Å². The van der Waals surface area contributed by atoms with E-state index in [9.17, 15) is 22.4 Å². The lowest BCUT2D eigenvalue weighted by Gasteiger charge is -2.34. The highest BCUT2D eigenvalue weighted by molar-refractivity contribution is 7.92. The molecule has 0 fully saturated rings. The van der Waals surface area contributed by atoms with Crippen LogP contribution in [0.5, 0.6) is 5.75 Å². The Labute approximate surface area is 277 Å². The van der Waals surface area contributed by atoms with Gasteiger partial charge in [-0.3, -0.25) is 13.9 Å². The van der Waals surface area contributed by atoms with Gasteiger partial charge in [0, 0.05) is 19.5 Å². The van der Waals surface area contributed by atoms with Gasteiger partial charge >= 0.3 is 0 Å². The van der Waals surface area contributed by atoms with E-state index in [1.165, 1.54) is 29.2 Å². The Balaban J connectivity index is 1.78. The van der Waals surface area contributed by atoms with Gasteiger partial charge in [0.2, 0.25) is 11.8 Å². The van der Waals surface area contributed by atoms with E-state index in [0.717, 1.165) is 28.3 Å². The molecular formula is C37H42FN3O5S. The second-order valence-electron chi connectivity index (χ2n) is 11.2. The van der Waals surface area contributed by atoms with Crippen LogP contribution in [-0.4, -0.2) is 50.9 Å². The maximum atomic E-state index is 14.5. The normalized spacial score (nSPS) is 11.8. The molecule has 10 heteroatoms. The number of aryl methyl sites for hydroxylation is 1. The average Bonchev–Trinajstić information content (AvgIpc) is 3.07. The van der Waals surface area contributed by atoms with Crippen molar-refractivity contribution in [1.82, 2.24) is 10.2 Å². The number of ether oxygens (including phenoxy) is 1. The molecule has 0 spiro atoms. The second kappa shape index (κ2) is 16.7. The molecular weight excluding hydrogens is 617 g/mol. The SMILES string of the molecule is CCCCNC(=O)C(Cc1ccccc1)N(Cc1ccc(F)cc1)C(=O)CN(c1ccc(OCC)cc1)S(=O)(=O)c1ccc(C)cc1. The van der Waals surface area contributed by atoms with Crippen molar-refractivity contribution >= 4 is 27.5 Å². The van der Waals surface area contributed by atoms with E-state index >= 15 is 0 Å². The van der Waals surface area contributed by atoms with Crippen molar-refractivity contribution in [3.8, 4) is 5.75 Å². The summed E-state index contributed by atoms with van der Waals surface area (Å²) in [5.41, 5.74) is 2.57. The first kappa shape index (κ1) is 35.2. The number of amides is 2. The highest BCUT2D eigenvalue weighted by atomic mass is 32.2. The summed E-state index contributed by atoms with van der Waals surface area (Å²) in [7, 11) is -4.23. The molecule has 47 heavy (non-hydrogen) atoms. The van der Waals surface area contributed by atoms with E-state index in [1.807, 2.05) is 51.1 Å². The van der Waals surface area contributed by atoms with E-state index in [1.54, 1.807) is 48.5 Å². The predicted molar refractivity (Wildman–Crippen MR) is 182 cm³/mol. The molecule has 0 aliphatic rings. The third-order valence-corrected chi connectivity index (χ3v) is 9.48. The Kier molecular flexibility index (Phi) is 12.5. The van der Waals surface area contributed by atoms with E-state index in [2.05, 4.69) is 5.32 Å². The van der Waals surface area contributed by atoms with Crippen molar-refractivity contribution < 1.29 is 27.1 Å². The quantitative estimate of drug-likeness (QED) is 0.143. The monoisotopic (exact) mass is 659 g/mol. The molecule has 8 nitrogen and oxygen atoms in total. The Bertz CT molecular complexity index is 1700. The van der Waals surface area contributed by atoms with Crippen molar-refractivity contribution in [2.45, 2.75) is 57.5 Å². The highest BCUT2D eigenvalue weighted by Gasteiger charge is 2.34. The molecule has 248 valence electrons. The topological polar surface area (TPSA) is 96.0 Å². The van der Waals surface area contributed by atoms with Gasteiger partial charge in [0.1, 0.15) is 24.2 Å². The van der Waals surface area contributed by atoms with Crippen molar-refractivity contribution in [2.24, 2.45) is 0 Å². The van der Waals surface area contributed by atoms with Gasteiger partial charge in [-0.15, -0.1) is 0 Å². The van der Waals surface area contributed by atoms with E-state index in [4.69, 9.17) is 4.74 Å². The van der Waals surface area contributed by atoms with Crippen LogP contribution >= 0.6 is 0 Å². The van der Waals surface area contributed by atoms with E-state index < -0.39 is 34.3 Å². The highest BCUT2D eigenvalue weighted by Crippen LogP contribution is 2.27. The Hall–Kier alpha value is -4.70. The van der Waals surface area contributed by atoms with Crippen LogP contribution in [-0.2, 0) is 32.6 Å². The molecule has 0 saturated heterocycles. The number of carbonyl (C=O) groups excluding carboxylic acids is 2. The zero-order valence-electron chi connectivity index (χ0n) is 27.1. The third-order valence-electron chi connectivity index (χ3n) is 7.69. The smallest absolute Gasteiger partial charge is 0.264 e. The van der Waals surface area contributed by atoms with Crippen LogP contribution in [0.25, 0.3) is 0 Å². The molecule has 0 heterocycles. The van der Waals surface area contributed by atoms with Crippen LogP contribution in [0.2, 0.25) is 0 Å². The summed E-state index contributed by atoms with van der Waals surface area (Å²) < 4.78 is 48.8. The summed E-state index contributed by atoms with van der Waals surface area (Å²) in [6.07, 6.45) is 1.82. The summed E-state index contributed by atoms with van der Waals surface area (Å²) in [5.74, 6) is -0.826. The third kappa shape index (κ3) is 9.65. The molecule has 1 unspecified atom stereocenters. The molecule has 2 amide bonds. The van der Waals surface area contributed by atoms with E-state index in [0.29, 0.717) is 24.5 Å². The molecule has 1 atom stereocenters. The van der Waals surface area contributed by atoms with Gasteiger partial charge in [-0.1, -0.05) is 73.5 Å². The first-order valence-electron chi connectivity index (χ1n) is 15.8. The number of unbranched alkanes of at least 4 members (excludes halogenated alkanes) is 1. The van der Waals surface area contributed by atoms with Crippen LogP contribution < -0.4 is 14.4 Å². The van der Waals surface area contributed by atoms with Gasteiger partial charge in [-0.25, -0.2) is 12.8 Å². The minimum atomic E-state index is -4.23. The second-order valence-corrected chi connectivity index (χ2v) is 13.1. The summed E-state index contributed by atoms with van der Waals surface area (Å²) in [6, 6.07) is 26.9. The Morgan fingerprint density at radius 1 is 0.851 bits per heavy atom. The number of benzene rings is 4. The lowest BCUT2D eigenvalue weighted by Crippen LogP contribution is -2.53. The van der Waals surface area contributed by atoms with Gasteiger partial charge in [-0.2, -0.15) is 0 Å². The van der Waals surface area contributed by atoms with Crippen molar-refractivity contribution in [1.29, 1.82) is 0 Å². The molecule has 0 bridgehead atoms. The van der Waals surface area contributed by atoms with Crippen LogP contribution in [0, 0.1) is 12.7 Å². The van der Waals surface area contributed by atoms with Crippen molar-refractivity contribution in [3.05, 3.63) is 126 Å². The largest absolute Gasteiger partial charge is 0.494 e. The molecule has 1 N–H and O–H groups in total. The van der Waals surface area contributed by atoms with Gasteiger partial charge in [0.25, 0.3) is 10.0 Å². The van der Waals surface area contributed by atoms with Gasteiger partial charge < -0.3 is 15.0 Å². The number of sulfonamides is 1. The van der Waals surface area contributed by atoms with Crippen LogP contribution in [0.4, 0.5) is 10.1 Å². The molecule has 0 aliphatic carbocycles. The summed E-state index contributed by atoms with van der Waals surface area (Å²) in [6.45, 7) is 5.96. The number of rotatable bonds is 16. The zero-order chi connectivity index (χ0) is 33.8. The number of anilines is 1. The number of carbonyl (C=O) groups is 2. The molecule has 0 aromatic heterocycles. The molecule has 0 saturated carbocycles. The number of nitrogens with zero attached hydrogens (tertiary/aromatic N) is 2. The lowest BCUT2D eigenvalue weighted by atomic mass is 10.0. The van der Waals surface area contributed by atoms with E-state index in [-0.39, 0.29) is 29.5 Å². The van der Waals surface area contributed by atoms with Crippen LogP contribution in [0.15, 0.2) is 108 Å². The van der Waals surface area contributed by atoms with Crippen molar-refractivity contribution in [2.75, 3.05) is 24.0 Å². The fourth-order valence-corrected chi connectivity index (χ4v) is 6.50. The fourth-order valence-electron chi connectivity index (χ4n) is 5.09. The number of halogens is 1. The lowest BCUT2D eigenvalue weighted by molar-refractivity contribution is -0.140. The fraction of sp³-hybridized carbons (Fsp3) is 0.297. The zero-order valence-corrected chi connectivity index (χ0v) is 27.9. The Morgan fingerprint density at radius 3 is 2.13 bits per heavy atom. The van der Waals surface area contributed by atoms with Crippen molar-refractivity contribution in [3.63, 3.8) is 0 Å². The summed E-state index contributed by atoms with van der Waals surface area (Å²) in [4.78, 5) is 29.7. The van der Waals surface area contributed by atoms with Gasteiger partial charge in [0.05, 0.1) is 17.2 Å². The molecule has 4 rings (SSSR count). The minimum absolute atomic E-state index is 0.0213. The number of hydrogen-bond donors (Lipinski definition) is 1. The summed E-state index contributed by atoms with van der Waals surface area (Å²) >= 11 is 0.